The molecule has 0 radical (unpaired) electrons. The molecule has 1 unspecified atom stereocenters. The Morgan fingerprint density at radius 3 is 2.59 bits per heavy atom. The fourth-order valence-electron chi connectivity index (χ4n) is 2.41. The highest BCUT2D eigenvalue weighted by atomic mass is 16.2. The summed E-state index contributed by atoms with van der Waals surface area (Å²) in [7, 11) is 1.66. The normalized spacial score (nSPS) is 17.5. The van der Waals surface area contributed by atoms with Crippen molar-refractivity contribution in [2.75, 3.05) is 13.6 Å². The van der Waals surface area contributed by atoms with E-state index in [1.165, 1.54) is 4.90 Å². The molecule has 1 atom stereocenters. The van der Waals surface area contributed by atoms with E-state index >= 15 is 0 Å². The third-order valence-electron chi connectivity index (χ3n) is 3.67. The summed E-state index contributed by atoms with van der Waals surface area (Å²) in [5.74, 6) is -0.571. The van der Waals surface area contributed by atoms with Crippen LogP contribution in [0.1, 0.15) is 25.3 Å². The van der Waals surface area contributed by atoms with Crippen molar-refractivity contribution in [3.05, 3.63) is 35.9 Å². The van der Waals surface area contributed by atoms with Crippen LogP contribution < -0.4 is 5.32 Å². The maximum Gasteiger partial charge on any atom is 0.325 e. The first-order chi connectivity index (χ1) is 10.5. The smallest absolute Gasteiger partial charge is 0.325 e. The number of hydrogen-bond acceptors (Lipinski definition) is 3. The average molecular weight is 303 g/mol. The topological polar surface area (TPSA) is 69.7 Å². The minimum Gasteiger partial charge on any atom is -0.340 e. The Labute approximate surface area is 130 Å². The number of benzene rings is 1. The predicted octanol–water partition coefficient (Wildman–Crippen LogP) is 1.37. The highest BCUT2D eigenvalue weighted by Crippen LogP contribution is 2.12. The van der Waals surface area contributed by atoms with Gasteiger partial charge in [-0.15, -0.1) is 0 Å². The van der Waals surface area contributed by atoms with Crippen LogP contribution in [-0.4, -0.2) is 47.3 Å². The van der Waals surface area contributed by atoms with Gasteiger partial charge in [0.15, 0.2) is 0 Å². The second kappa shape index (κ2) is 7.06. The summed E-state index contributed by atoms with van der Waals surface area (Å²) >= 11 is 0. The van der Waals surface area contributed by atoms with Crippen LogP contribution >= 0.6 is 0 Å². The molecule has 118 valence electrons. The van der Waals surface area contributed by atoms with Gasteiger partial charge in [0, 0.05) is 13.6 Å². The van der Waals surface area contributed by atoms with Gasteiger partial charge in [0.25, 0.3) is 5.91 Å². The molecule has 1 aliphatic rings. The lowest BCUT2D eigenvalue weighted by molar-refractivity contribution is -0.136. The summed E-state index contributed by atoms with van der Waals surface area (Å²) in [6.45, 7) is 2.18. The molecule has 1 heterocycles. The molecule has 2 rings (SSSR count). The summed E-state index contributed by atoms with van der Waals surface area (Å²) in [6.07, 6.45) is 1.39. The molecule has 6 nitrogen and oxygen atoms in total. The Hall–Kier alpha value is -2.37. The van der Waals surface area contributed by atoms with Crippen molar-refractivity contribution < 1.29 is 14.4 Å². The van der Waals surface area contributed by atoms with Gasteiger partial charge in [-0.3, -0.25) is 14.5 Å². The fourth-order valence-corrected chi connectivity index (χ4v) is 2.41. The molecule has 1 saturated heterocycles. The molecule has 4 amide bonds. The number of hydrogen-bond donors (Lipinski definition) is 1. The van der Waals surface area contributed by atoms with E-state index in [4.69, 9.17) is 0 Å². The van der Waals surface area contributed by atoms with E-state index in [-0.39, 0.29) is 18.4 Å². The van der Waals surface area contributed by atoms with Crippen LogP contribution in [0.5, 0.6) is 0 Å². The van der Waals surface area contributed by atoms with Crippen LogP contribution in [0.25, 0.3) is 0 Å². The van der Waals surface area contributed by atoms with Gasteiger partial charge in [0.2, 0.25) is 5.91 Å². The monoisotopic (exact) mass is 303 g/mol. The first kappa shape index (κ1) is 16.0. The summed E-state index contributed by atoms with van der Waals surface area (Å²) in [6, 6.07) is 8.59. The molecule has 22 heavy (non-hydrogen) atoms. The SMILES string of the molecule is CCCC1NC(=O)N(CC(=O)N(C)Cc2ccccc2)C1=O. The van der Waals surface area contributed by atoms with Gasteiger partial charge in [-0.2, -0.15) is 0 Å². The second-order valence-corrected chi connectivity index (χ2v) is 5.45. The van der Waals surface area contributed by atoms with Gasteiger partial charge >= 0.3 is 6.03 Å². The number of carbonyl (C=O) groups is 3. The van der Waals surface area contributed by atoms with Crippen LogP contribution in [0.2, 0.25) is 0 Å². The third-order valence-corrected chi connectivity index (χ3v) is 3.67. The first-order valence-corrected chi connectivity index (χ1v) is 7.42. The Morgan fingerprint density at radius 2 is 1.95 bits per heavy atom. The van der Waals surface area contributed by atoms with Crippen molar-refractivity contribution >= 4 is 17.8 Å². The van der Waals surface area contributed by atoms with E-state index in [2.05, 4.69) is 5.32 Å². The van der Waals surface area contributed by atoms with Crippen LogP contribution in [0.4, 0.5) is 4.79 Å². The van der Waals surface area contributed by atoms with E-state index < -0.39 is 12.1 Å². The van der Waals surface area contributed by atoms with E-state index in [1.54, 1.807) is 7.05 Å². The summed E-state index contributed by atoms with van der Waals surface area (Å²) in [5, 5.41) is 2.62. The van der Waals surface area contributed by atoms with Gasteiger partial charge < -0.3 is 10.2 Å². The lowest BCUT2D eigenvalue weighted by Crippen LogP contribution is -2.41. The lowest BCUT2D eigenvalue weighted by Gasteiger charge is -2.20. The zero-order chi connectivity index (χ0) is 16.1. The first-order valence-electron chi connectivity index (χ1n) is 7.42. The molecule has 0 aliphatic carbocycles. The predicted molar refractivity (Wildman–Crippen MR) is 81.9 cm³/mol. The van der Waals surface area contributed by atoms with E-state index in [0.717, 1.165) is 16.9 Å². The Balaban J connectivity index is 1.93. The maximum atomic E-state index is 12.2. The highest BCUT2D eigenvalue weighted by molar-refractivity contribution is 6.06. The molecule has 1 N–H and O–H groups in total. The Kier molecular flexibility index (Phi) is 5.14. The largest absolute Gasteiger partial charge is 0.340 e. The van der Waals surface area contributed by atoms with Gasteiger partial charge in [0.05, 0.1) is 0 Å². The number of rotatable bonds is 6. The molecule has 0 bridgehead atoms. The molecule has 0 spiro atoms. The molecule has 0 aromatic heterocycles. The quantitative estimate of drug-likeness (QED) is 0.807. The maximum absolute atomic E-state index is 12.2. The van der Waals surface area contributed by atoms with Crippen molar-refractivity contribution in [1.29, 1.82) is 0 Å². The van der Waals surface area contributed by atoms with Crippen LogP contribution in [-0.2, 0) is 16.1 Å². The van der Waals surface area contributed by atoms with Gasteiger partial charge in [-0.1, -0.05) is 43.7 Å². The Bertz CT molecular complexity index is 559. The average Bonchev–Trinajstić information content (AvgIpc) is 2.76. The molecule has 6 heteroatoms. The number of likely N-dealkylation sites (N-methyl/N-ethyl adjacent to an activating group) is 1. The number of urea groups is 1. The van der Waals surface area contributed by atoms with Crippen molar-refractivity contribution in [1.82, 2.24) is 15.1 Å². The van der Waals surface area contributed by atoms with Crippen LogP contribution in [0, 0.1) is 0 Å². The van der Waals surface area contributed by atoms with Gasteiger partial charge in [-0.05, 0) is 12.0 Å². The number of carbonyl (C=O) groups excluding carboxylic acids is 3. The number of amides is 4. The fraction of sp³-hybridized carbons (Fsp3) is 0.438. The van der Waals surface area contributed by atoms with Gasteiger partial charge in [-0.25, -0.2) is 4.79 Å². The van der Waals surface area contributed by atoms with E-state index in [0.29, 0.717) is 13.0 Å². The zero-order valence-corrected chi connectivity index (χ0v) is 12.9. The number of nitrogens with zero attached hydrogens (tertiary/aromatic N) is 2. The lowest BCUT2D eigenvalue weighted by atomic mass is 10.2. The minimum atomic E-state index is -0.496. The molecule has 0 saturated carbocycles. The zero-order valence-electron chi connectivity index (χ0n) is 12.9. The molecule has 1 aromatic carbocycles. The summed E-state index contributed by atoms with van der Waals surface area (Å²) < 4.78 is 0. The van der Waals surface area contributed by atoms with Crippen LogP contribution in [0.3, 0.4) is 0 Å². The standard InChI is InChI=1S/C16H21N3O3/c1-3-7-13-15(21)19(16(22)17-13)11-14(20)18(2)10-12-8-5-4-6-9-12/h4-6,8-9,13H,3,7,10-11H2,1-2H3,(H,17,22). The molecular weight excluding hydrogens is 282 g/mol. The molecule has 1 aliphatic heterocycles. The Morgan fingerprint density at radius 1 is 1.27 bits per heavy atom. The van der Waals surface area contributed by atoms with Crippen molar-refractivity contribution in [3.63, 3.8) is 0 Å². The summed E-state index contributed by atoms with van der Waals surface area (Å²) in [5.41, 5.74) is 0.999. The molecular formula is C16H21N3O3. The van der Waals surface area contributed by atoms with Crippen LogP contribution in [0.15, 0.2) is 30.3 Å². The van der Waals surface area contributed by atoms with Crippen molar-refractivity contribution in [2.24, 2.45) is 0 Å². The second-order valence-electron chi connectivity index (χ2n) is 5.45. The molecule has 1 aromatic rings. The number of imide groups is 1. The van der Waals surface area contributed by atoms with Crippen molar-refractivity contribution in [2.45, 2.75) is 32.4 Å². The number of nitrogens with one attached hydrogen (secondary N) is 1. The van der Waals surface area contributed by atoms with Gasteiger partial charge in [0.1, 0.15) is 12.6 Å². The summed E-state index contributed by atoms with van der Waals surface area (Å²) in [4.78, 5) is 38.6. The van der Waals surface area contributed by atoms with E-state index in [9.17, 15) is 14.4 Å². The molecule has 1 fully saturated rings. The minimum absolute atomic E-state index is 0.214. The van der Waals surface area contributed by atoms with E-state index in [1.807, 2.05) is 37.3 Å². The highest BCUT2D eigenvalue weighted by Gasteiger charge is 2.38. The third kappa shape index (κ3) is 3.63. The van der Waals surface area contributed by atoms with Crippen molar-refractivity contribution in [3.8, 4) is 0 Å².